The molecule has 0 aliphatic carbocycles. The van der Waals surface area contributed by atoms with Crippen LogP contribution in [0.5, 0.6) is 0 Å². The summed E-state index contributed by atoms with van der Waals surface area (Å²) in [6.45, 7) is 8.11. The Labute approximate surface area is 139 Å². The number of thiophene rings is 1. The Morgan fingerprint density at radius 3 is 2.74 bits per heavy atom. The van der Waals surface area contributed by atoms with E-state index in [4.69, 9.17) is 10.1 Å². The van der Waals surface area contributed by atoms with Gasteiger partial charge in [0.15, 0.2) is 11.5 Å². The van der Waals surface area contributed by atoms with Gasteiger partial charge < -0.3 is 5.32 Å². The van der Waals surface area contributed by atoms with Crippen molar-refractivity contribution >= 4 is 22.8 Å². The second-order valence-electron chi connectivity index (χ2n) is 6.69. The molecule has 4 heterocycles. The zero-order valence-corrected chi connectivity index (χ0v) is 14.3. The van der Waals surface area contributed by atoms with Gasteiger partial charge in [0.25, 0.3) is 0 Å². The van der Waals surface area contributed by atoms with Crippen LogP contribution >= 0.6 is 11.3 Å². The zero-order chi connectivity index (χ0) is 16.0. The number of aromatic nitrogens is 3. The molecule has 0 fully saturated rings. The average molecular weight is 325 g/mol. The standard InChI is InChI=1S/C17H19N5S/c1-17(2,3)16-20-15-11(14-18-8-9-19-14)6-7-12(22(15)21-16)13-5-4-10-23-13/h4-7,10H,8-9H2,1-3H3,(H,18,19). The first kappa shape index (κ1) is 14.4. The Bertz CT molecular complexity index is 884. The van der Waals surface area contributed by atoms with Gasteiger partial charge in [0.05, 0.1) is 22.7 Å². The molecule has 0 aromatic carbocycles. The first-order valence-corrected chi connectivity index (χ1v) is 8.65. The summed E-state index contributed by atoms with van der Waals surface area (Å²) in [5, 5.41) is 10.2. The lowest BCUT2D eigenvalue weighted by Crippen LogP contribution is -2.20. The molecule has 0 radical (unpaired) electrons. The maximum absolute atomic E-state index is 4.83. The molecule has 5 nitrogen and oxygen atoms in total. The molecule has 6 heteroatoms. The van der Waals surface area contributed by atoms with Crippen LogP contribution in [-0.2, 0) is 5.41 Å². The van der Waals surface area contributed by atoms with Crippen molar-refractivity contribution in [2.45, 2.75) is 26.2 Å². The van der Waals surface area contributed by atoms with Gasteiger partial charge >= 0.3 is 0 Å². The first-order valence-electron chi connectivity index (χ1n) is 7.77. The second kappa shape index (κ2) is 5.16. The topological polar surface area (TPSA) is 54.6 Å². The number of hydrogen-bond donors (Lipinski definition) is 1. The predicted octanol–water partition coefficient (Wildman–Crippen LogP) is 3.11. The fraction of sp³-hybridized carbons (Fsp3) is 0.353. The summed E-state index contributed by atoms with van der Waals surface area (Å²) in [5.41, 5.74) is 2.86. The van der Waals surface area contributed by atoms with Crippen molar-refractivity contribution in [2.75, 3.05) is 13.1 Å². The molecule has 23 heavy (non-hydrogen) atoms. The molecule has 3 aromatic rings. The minimum absolute atomic E-state index is 0.0963. The van der Waals surface area contributed by atoms with Gasteiger partial charge in [-0.25, -0.2) is 9.50 Å². The number of aliphatic imine (C=N–C) groups is 1. The number of pyridine rings is 1. The SMILES string of the molecule is CC(C)(C)c1nc2c(C3=NCCN3)ccc(-c3cccs3)n2n1. The summed E-state index contributed by atoms with van der Waals surface area (Å²) in [6.07, 6.45) is 0. The lowest BCUT2D eigenvalue weighted by molar-refractivity contribution is 0.545. The van der Waals surface area contributed by atoms with Crippen LogP contribution in [0.25, 0.3) is 16.2 Å². The van der Waals surface area contributed by atoms with Crippen LogP contribution in [0.15, 0.2) is 34.6 Å². The van der Waals surface area contributed by atoms with E-state index in [1.807, 2.05) is 4.52 Å². The highest BCUT2D eigenvalue weighted by Gasteiger charge is 2.24. The van der Waals surface area contributed by atoms with Crippen LogP contribution in [0.2, 0.25) is 0 Å². The third kappa shape index (κ3) is 2.43. The summed E-state index contributed by atoms with van der Waals surface area (Å²) in [6, 6.07) is 8.38. The van der Waals surface area contributed by atoms with E-state index in [2.05, 4.69) is 60.7 Å². The lowest BCUT2D eigenvalue weighted by atomic mass is 9.96. The first-order chi connectivity index (χ1) is 11.0. The van der Waals surface area contributed by atoms with E-state index in [1.165, 1.54) is 4.88 Å². The van der Waals surface area contributed by atoms with Crippen molar-refractivity contribution in [1.82, 2.24) is 19.9 Å². The summed E-state index contributed by atoms with van der Waals surface area (Å²) < 4.78 is 1.96. The second-order valence-corrected chi connectivity index (χ2v) is 7.64. The lowest BCUT2D eigenvalue weighted by Gasteiger charge is -2.11. The Kier molecular flexibility index (Phi) is 3.23. The monoisotopic (exact) mass is 325 g/mol. The summed E-state index contributed by atoms with van der Waals surface area (Å²) in [4.78, 5) is 10.6. The molecule has 118 valence electrons. The number of hydrogen-bond acceptors (Lipinski definition) is 5. The summed E-state index contributed by atoms with van der Waals surface area (Å²) in [5.74, 6) is 1.77. The van der Waals surface area contributed by atoms with Crippen LogP contribution in [-0.4, -0.2) is 33.5 Å². The minimum atomic E-state index is -0.0963. The third-order valence-electron chi connectivity index (χ3n) is 3.86. The van der Waals surface area contributed by atoms with Crippen molar-refractivity contribution in [2.24, 2.45) is 4.99 Å². The molecule has 4 rings (SSSR count). The van der Waals surface area contributed by atoms with Crippen molar-refractivity contribution in [3.8, 4) is 10.6 Å². The van der Waals surface area contributed by atoms with Crippen LogP contribution in [0.3, 0.4) is 0 Å². The Balaban J connectivity index is 1.99. The molecule has 0 bridgehead atoms. The van der Waals surface area contributed by atoms with Crippen LogP contribution in [0.4, 0.5) is 0 Å². The van der Waals surface area contributed by atoms with Crippen LogP contribution in [0.1, 0.15) is 32.2 Å². The van der Waals surface area contributed by atoms with Crippen LogP contribution in [0, 0.1) is 0 Å². The van der Waals surface area contributed by atoms with E-state index < -0.39 is 0 Å². The Morgan fingerprint density at radius 1 is 1.22 bits per heavy atom. The molecule has 1 aliphatic rings. The minimum Gasteiger partial charge on any atom is -0.368 e. The normalized spacial score (nSPS) is 15.0. The highest BCUT2D eigenvalue weighted by molar-refractivity contribution is 7.13. The highest BCUT2D eigenvalue weighted by atomic mass is 32.1. The Hall–Kier alpha value is -2.21. The molecule has 0 spiro atoms. The van der Waals surface area contributed by atoms with E-state index in [0.29, 0.717) is 0 Å². The fourth-order valence-electron chi connectivity index (χ4n) is 2.65. The van der Waals surface area contributed by atoms with Crippen LogP contribution < -0.4 is 5.32 Å². The third-order valence-corrected chi connectivity index (χ3v) is 4.75. The molecule has 1 aliphatic heterocycles. The van der Waals surface area contributed by atoms with Gasteiger partial charge in [-0.1, -0.05) is 26.8 Å². The molecule has 1 N–H and O–H groups in total. The van der Waals surface area contributed by atoms with Crippen molar-refractivity contribution in [3.05, 3.63) is 41.0 Å². The molecular weight excluding hydrogens is 306 g/mol. The van der Waals surface area contributed by atoms with Crippen molar-refractivity contribution in [1.29, 1.82) is 0 Å². The quantitative estimate of drug-likeness (QED) is 0.788. The van der Waals surface area contributed by atoms with Gasteiger partial charge in [0.2, 0.25) is 0 Å². The van der Waals surface area contributed by atoms with Gasteiger partial charge in [0.1, 0.15) is 5.84 Å². The number of nitrogens with zero attached hydrogens (tertiary/aromatic N) is 4. The molecule has 3 aromatic heterocycles. The smallest absolute Gasteiger partial charge is 0.167 e. The summed E-state index contributed by atoms with van der Waals surface area (Å²) in [7, 11) is 0. The molecule has 0 unspecified atom stereocenters. The Morgan fingerprint density at radius 2 is 2.09 bits per heavy atom. The van der Waals surface area contributed by atoms with E-state index in [0.717, 1.165) is 41.7 Å². The zero-order valence-electron chi connectivity index (χ0n) is 13.5. The number of amidine groups is 1. The number of nitrogens with one attached hydrogen (secondary N) is 1. The van der Waals surface area contributed by atoms with E-state index in [9.17, 15) is 0 Å². The maximum Gasteiger partial charge on any atom is 0.167 e. The molecule has 0 saturated carbocycles. The number of fused-ring (bicyclic) bond motifs is 1. The highest BCUT2D eigenvalue weighted by Crippen LogP contribution is 2.28. The summed E-state index contributed by atoms with van der Waals surface area (Å²) >= 11 is 1.71. The molecule has 0 atom stereocenters. The fourth-order valence-corrected chi connectivity index (χ4v) is 3.39. The maximum atomic E-state index is 4.83. The van der Waals surface area contributed by atoms with Crippen molar-refractivity contribution < 1.29 is 0 Å². The predicted molar refractivity (Wildman–Crippen MR) is 94.4 cm³/mol. The molecule has 0 saturated heterocycles. The van der Waals surface area contributed by atoms with Gasteiger partial charge in [-0.3, -0.25) is 4.99 Å². The molecular formula is C17H19N5S. The van der Waals surface area contributed by atoms with Crippen molar-refractivity contribution in [3.63, 3.8) is 0 Å². The molecule has 0 amide bonds. The van der Waals surface area contributed by atoms with Gasteiger partial charge in [-0.15, -0.1) is 11.3 Å². The van der Waals surface area contributed by atoms with E-state index in [1.54, 1.807) is 11.3 Å². The van der Waals surface area contributed by atoms with E-state index in [-0.39, 0.29) is 5.41 Å². The average Bonchev–Trinajstić information content (AvgIpc) is 3.25. The number of rotatable bonds is 2. The van der Waals surface area contributed by atoms with E-state index >= 15 is 0 Å². The van der Waals surface area contributed by atoms with Gasteiger partial charge in [-0.05, 0) is 23.6 Å². The van der Waals surface area contributed by atoms with Gasteiger partial charge in [0, 0.05) is 12.0 Å². The van der Waals surface area contributed by atoms with Gasteiger partial charge in [-0.2, -0.15) is 5.10 Å². The largest absolute Gasteiger partial charge is 0.368 e.